The Hall–Kier alpha value is -3.21. The highest BCUT2D eigenvalue weighted by Gasteiger charge is 2.15. The number of rotatable bonds is 4. The van der Waals surface area contributed by atoms with Crippen molar-refractivity contribution in [3.8, 4) is 0 Å². The maximum atomic E-state index is 8.71. The number of hydrogen-bond donors (Lipinski definition) is 1. The fourth-order valence-corrected chi connectivity index (χ4v) is 3.36. The number of fused-ring (bicyclic) bond motifs is 1. The van der Waals surface area contributed by atoms with E-state index in [0.717, 1.165) is 34.4 Å². The van der Waals surface area contributed by atoms with Gasteiger partial charge < -0.3 is 9.13 Å². The molecule has 3 aromatic heterocycles. The van der Waals surface area contributed by atoms with Gasteiger partial charge in [-0.25, -0.2) is 4.98 Å². The Kier molecular flexibility index (Phi) is 4.13. The minimum Gasteiger partial charge on any atom is -0.325 e. The molecule has 5 heteroatoms. The van der Waals surface area contributed by atoms with Gasteiger partial charge >= 0.3 is 0 Å². The fraction of sp³-hybridized carbons (Fsp3) is 0.190. The lowest BCUT2D eigenvalue weighted by Gasteiger charge is -2.10. The molecule has 1 aromatic carbocycles. The van der Waals surface area contributed by atoms with Crippen LogP contribution in [-0.4, -0.2) is 19.1 Å². The third-order valence-corrected chi connectivity index (χ3v) is 4.90. The van der Waals surface area contributed by atoms with Gasteiger partial charge in [-0.15, -0.1) is 0 Å². The summed E-state index contributed by atoms with van der Waals surface area (Å²) in [7, 11) is 0. The van der Waals surface area contributed by atoms with Crippen molar-refractivity contribution in [2.45, 2.75) is 26.9 Å². The van der Waals surface area contributed by atoms with Crippen molar-refractivity contribution in [2.75, 3.05) is 0 Å². The Labute approximate surface area is 152 Å². The van der Waals surface area contributed by atoms with E-state index in [-0.39, 0.29) is 0 Å². The van der Waals surface area contributed by atoms with Crippen LogP contribution < -0.4 is 5.49 Å². The summed E-state index contributed by atoms with van der Waals surface area (Å²) in [5.74, 6) is 0. The first kappa shape index (κ1) is 16.3. The number of aryl methyl sites for hydroxylation is 1. The smallest absolute Gasteiger partial charge is 0.146 e. The maximum Gasteiger partial charge on any atom is 0.146 e. The van der Waals surface area contributed by atoms with Gasteiger partial charge in [0.15, 0.2) is 0 Å². The molecule has 0 radical (unpaired) electrons. The zero-order chi connectivity index (χ0) is 18.1. The minimum absolute atomic E-state index is 0.492. The topological polar surface area (TPSA) is 59.5 Å². The van der Waals surface area contributed by atoms with Crippen LogP contribution in [0.25, 0.3) is 11.0 Å². The quantitative estimate of drug-likeness (QED) is 0.617. The Balaban J connectivity index is 1.81. The lowest BCUT2D eigenvalue weighted by molar-refractivity contribution is 0.713. The summed E-state index contributed by atoms with van der Waals surface area (Å²) in [6.45, 7) is 5.53. The number of hydrogen-bond acceptors (Lipinski definition) is 3. The van der Waals surface area contributed by atoms with Crippen molar-refractivity contribution >= 4 is 11.0 Å². The Bertz CT molecular complexity index is 1110. The van der Waals surface area contributed by atoms with Gasteiger partial charge in [0.05, 0.1) is 18.3 Å². The summed E-state index contributed by atoms with van der Waals surface area (Å²) in [5.41, 5.74) is 5.93. The molecular formula is C21H21N5. The van der Waals surface area contributed by atoms with Crippen molar-refractivity contribution in [1.29, 1.82) is 5.41 Å². The summed E-state index contributed by atoms with van der Waals surface area (Å²) in [5, 5.41) is 9.63. The fourth-order valence-electron chi connectivity index (χ4n) is 3.36. The van der Waals surface area contributed by atoms with Crippen LogP contribution in [0.4, 0.5) is 0 Å². The molecule has 26 heavy (non-hydrogen) atoms. The van der Waals surface area contributed by atoms with E-state index in [1.165, 1.54) is 5.56 Å². The molecule has 0 bridgehead atoms. The van der Waals surface area contributed by atoms with E-state index in [1.54, 1.807) is 12.5 Å². The Morgan fingerprint density at radius 3 is 2.46 bits per heavy atom. The molecule has 3 heterocycles. The zero-order valence-electron chi connectivity index (χ0n) is 15.0. The lowest BCUT2D eigenvalue weighted by atomic mass is 10.2. The van der Waals surface area contributed by atoms with E-state index in [9.17, 15) is 0 Å². The standard InChI is InChI=1S/C21H21N5/c1-15-16(2)26(13-17-7-4-3-5-8-17)21-19(15)20(22)25(14-24-21)12-18-9-6-10-23-11-18/h3-11,14,22H,12-13H2,1-2H3. The highest BCUT2D eigenvalue weighted by atomic mass is 15.1. The second-order valence-corrected chi connectivity index (χ2v) is 6.56. The summed E-state index contributed by atoms with van der Waals surface area (Å²) in [4.78, 5) is 8.86. The molecule has 0 amide bonds. The van der Waals surface area contributed by atoms with Gasteiger partial charge in [-0.05, 0) is 36.6 Å². The van der Waals surface area contributed by atoms with Gasteiger partial charge in [-0.3, -0.25) is 10.4 Å². The van der Waals surface area contributed by atoms with E-state index < -0.39 is 0 Å². The molecule has 0 saturated carbocycles. The molecule has 0 spiro atoms. The monoisotopic (exact) mass is 343 g/mol. The molecule has 0 aliphatic rings. The van der Waals surface area contributed by atoms with E-state index in [1.807, 2.05) is 29.0 Å². The van der Waals surface area contributed by atoms with Crippen molar-refractivity contribution < 1.29 is 0 Å². The third-order valence-electron chi connectivity index (χ3n) is 4.90. The highest BCUT2D eigenvalue weighted by molar-refractivity contribution is 5.80. The summed E-state index contributed by atoms with van der Waals surface area (Å²) < 4.78 is 4.07. The van der Waals surface area contributed by atoms with Gasteiger partial charge in [-0.2, -0.15) is 0 Å². The second kappa shape index (κ2) is 6.59. The van der Waals surface area contributed by atoms with Crippen molar-refractivity contribution in [3.05, 3.63) is 89.1 Å². The highest BCUT2D eigenvalue weighted by Crippen LogP contribution is 2.22. The molecule has 0 atom stereocenters. The summed E-state index contributed by atoms with van der Waals surface area (Å²) in [6, 6.07) is 14.3. The van der Waals surface area contributed by atoms with Crippen LogP contribution in [0.1, 0.15) is 22.4 Å². The predicted octanol–water partition coefficient (Wildman–Crippen LogP) is 3.43. The molecule has 130 valence electrons. The van der Waals surface area contributed by atoms with Gasteiger partial charge in [-0.1, -0.05) is 36.4 Å². The Morgan fingerprint density at radius 1 is 0.962 bits per heavy atom. The second-order valence-electron chi connectivity index (χ2n) is 6.56. The first-order valence-corrected chi connectivity index (χ1v) is 8.67. The van der Waals surface area contributed by atoms with Crippen LogP contribution >= 0.6 is 0 Å². The van der Waals surface area contributed by atoms with Gasteiger partial charge in [0.2, 0.25) is 0 Å². The molecule has 1 N–H and O–H groups in total. The van der Waals surface area contributed by atoms with E-state index in [0.29, 0.717) is 12.0 Å². The average Bonchev–Trinajstić information content (AvgIpc) is 2.91. The van der Waals surface area contributed by atoms with Gasteiger partial charge in [0.25, 0.3) is 0 Å². The molecule has 5 nitrogen and oxygen atoms in total. The van der Waals surface area contributed by atoms with Gasteiger partial charge in [0.1, 0.15) is 11.1 Å². The minimum atomic E-state index is 0.492. The maximum absolute atomic E-state index is 8.71. The van der Waals surface area contributed by atoms with Crippen LogP contribution in [0.5, 0.6) is 0 Å². The summed E-state index contributed by atoms with van der Waals surface area (Å²) in [6.07, 6.45) is 5.35. The molecule has 0 saturated heterocycles. The first-order valence-electron chi connectivity index (χ1n) is 8.67. The van der Waals surface area contributed by atoms with E-state index in [2.05, 4.69) is 47.7 Å². The number of aromatic nitrogens is 4. The normalized spacial score (nSPS) is 11.2. The van der Waals surface area contributed by atoms with Crippen molar-refractivity contribution in [1.82, 2.24) is 19.1 Å². The molecule has 0 fully saturated rings. The largest absolute Gasteiger partial charge is 0.325 e. The van der Waals surface area contributed by atoms with Crippen LogP contribution in [0.3, 0.4) is 0 Å². The molecule has 0 aliphatic carbocycles. The van der Waals surface area contributed by atoms with Crippen LogP contribution in [-0.2, 0) is 13.1 Å². The van der Waals surface area contributed by atoms with E-state index in [4.69, 9.17) is 10.4 Å². The predicted molar refractivity (Wildman–Crippen MR) is 102 cm³/mol. The SMILES string of the molecule is Cc1c(C)n(Cc2ccccc2)c2ncn(Cc3cccnc3)c(=N)c12. The third kappa shape index (κ3) is 2.81. The number of nitrogens with zero attached hydrogens (tertiary/aromatic N) is 4. The van der Waals surface area contributed by atoms with E-state index >= 15 is 0 Å². The molecule has 0 unspecified atom stereocenters. The lowest BCUT2D eigenvalue weighted by Crippen LogP contribution is -2.22. The van der Waals surface area contributed by atoms with Gasteiger partial charge in [0, 0.05) is 24.6 Å². The van der Waals surface area contributed by atoms with Crippen LogP contribution in [0.2, 0.25) is 0 Å². The molecule has 4 aromatic rings. The van der Waals surface area contributed by atoms with Crippen molar-refractivity contribution in [2.24, 2.45) is 0 Å². The molecule has 0 aliphatic heterocycles. The number of pyridine rings is 1. The number of nitrogens with one attached hydrogen (secondary N) is 1. The number of benzene rings is 1. The van der Waals surface area contributed by atoms with Crippen LogP contribution in [0, 0.1) is 19.3 Å². The first-order chi connectivity index (χ1) is 12.6. The Morgan fingerprint density at radius 2 is 1.73 bits per heavy atom. The van der Waals surface area contributed by atoms with Crippen LogP contribution in [0.15, 0.2) is 61.2 Å². The summed E-state index contributed by atoms with van der Waals surface area (Å²) >= 11 is 0. The van der Waals surface area contributed by atoms with Crippen molar-refractivity contribution in [3.63, 3.8) is 0 Å². The molecule has 4 rings (SSSR count). The zero-order valence-corrected chi connectivity index (χ0v) is 15.0. The average molecular weight is 343 g/mol. The molecular weight excluding hydrogens is 322 g/mol.